The van der Waals surface area contributed by atoms with Crippen LogP contribution in [0.5, 0.6) is 0 Å². The van der Waals surface area contributed by atoms with Crippen molar-refractivity contribution in [3.05, 3.63) is 36.1 Å². The van der Waals surface area contributed by atoms with E-state index in [0.717, 1.165) is 16.5 Å². The minimum absolute atomic E-state index is 0.161. The molecule has 0 saturated carbocycles. The van der Waals surface area contributed by atoms with Crippen LogP contribution in [0.3, 0.4) is 0 Å². The Balaban J connectivity index is 2.51. The third-order valence-corrected chi connectivity index (χ3v) is 2.91. The Kier molecular flexibility index (Phi) is 2.78. The van der Waals surface area contributed by atoms with Gasteiger partial charge in [0.2, 0.25) is 0 Å². The molecule has 0 aliphatic carbocycles. The standard InChI is InChI=1S/C13H16O2/c1-9(2)11(7-14)12-8-15-13-6-4-3-5-10(12)13/h3-6,8-9,11,14H,7H2,1-2H3. The molecule has 80 valence electrons. The number of aliphatic hydroxyl groups excluding tert-OH is 1. The van der Waals surface area contributed by atoms with E-state index in [1.807, 2.05) is 24.3 Å². The Morgan fingerprint density at radius 1 is 1.27 bits per heavy atom. The molecule has 1 heterocycles. The highest BCUT2D eigenvalue weighted by atomic mass is 16.3. The van der Waals surface area contributed by atoms with Crippen LogP contribution < -0.4 is 0 Å². The van der Waals surface area contributed by atoms with Crippen molar-refractivity contribution in [2.45, 2.75) is 19.8 Å². The molecular weight excluding hydrogens is 188 g/mol. The predicted octanol–water partition coefficient (Wildman–Crippen LogP) is 3.16. The summed E-state index contributed by atoms with van der Waals surface area (Å²) in [6.45, 7) is 4.40. The second kappa shape index (κ2) is 4.07. The molecule has 2 heteroatoms. The molecule has 2 aromatic rings. The fourth-order valence-electron chi connectivity index (χ4n) is 1.95. The molecule has 0 aliphatic rings. The van der Waals surface area contributed by atoms with Gasteiger partial charge in [0.15, 0.2) is 0 Å². The van der Waals surface area contributed by atoms with Crippen LogP contribution in [0.15, 0.2) is 34.9 Å². The summed E-state index contributed by atoms with van der Waals surface area (Å²) >= 11 is 0. The average molecular weight is 204 g/mol. The van der Waals surface area contributed by atoms with Crippen LogP contribution in [0.25, 0.3) is 11.0 Å². The number of aliphatic hydroxyl groups is 1. The summed E-state index contributed by atoms with van der Waals surface area (Å²) in [6, 6.07) is 7.95. The molecule has 0 amide bonds. The van der Waals surface area contributed by atoms with Crippen molar-refractivity contribution in [1.82, 2.24) is 0 Å². The Labute approximate surface area is 89.5 Å². The van der Waals surface area contributed by atoms with Crippen molar-refractivity contribution < 1.29 is 9.52 Å². The zero-order valence-electron chi connectivity index (χ0n) is 9.10. The Morgan fingerprint density at radius 3 is 2.67 bits per heavy atom. The lowest BCUT2D eigenvalue weighted by Gasteiger charge is -2.16. The molecule has 0 spiro atoms. The highest BCUT2D eigenvalue weighted by molar-refractivity contribution is 5.81. The molecule has 0 aliphatic heterocycles. The number of hydrogen-bond acceptors (Lipinski definition) is 2. The predicted molar refractivity (Wildman–Crippen MR) is 60.9 cm³/mol. The smallest absolute Gasteiger partial charge is 0.134 e. The van der Waals surface area contributed by atoms with Crippen LogP contribution in [0.1, 0.15) is 25.3 Å². The zero-order valence-corrected chi connectivity index (χ0v) is 9.10. The summed E-state index contributed by atoms with van der Waals surface area (Å²) in [5, 5.41) is 10.5. The minimum Gasteiger partial charge on any atom is -0.464 e. The van der Waals surface area contributed by atoms with Gasteiger partial charge in [-0.1, -0.05) is 32.0 Å². The van der Waals surface area contributed by atoms with Crippen LogP contribution >= 0.6 is 0 Å². The van der Waals surface area contributed by atoms with Crippen molar-refractivity contribution >= 4 is 11.0 Å². The first-order chi connectivity index (χ1) is 7.24. The van der Waals surface area contributed by atoms with Crippen molar-refractivity contribution in [2.75, 3.05) is 6.61 Å². The number of furan rings is 1. The quantitative estimate of drug-likeness (QED) is 0.833. The summed E-state index contributed by atoms with van der Waals surface area (Å²) in [6.07, 6.45) is 1.77. The summed E-state index contributed by atoms with van der Waals surface area (Å²) in [4.78, 5) is 0. The zero-order chi connectivity index (χ0) is 10.8. The van der Waals surface area contributed by atoms with Gasteiger partial charge in [0.05, 0.1) is 12.9 Å². The molecule has 2 nitrogen and oxygen atoms in total. The maximum absolute atomic E-state index is 9.39. The van der Waals surface area contributed by atoms with Crippen LogP contribution in [-0.2, 0) is 0 Å². The summed E-state index contributed by atoms with van der Waals surface area (Å²) in [5.74, 6) is 0.574. The van der Waals surface area contributed by atoms with E-state index in [2.05, 4.69) is 13.8 Å². The summed E-state index contributed by atoms with van der Waals surface area (Å²) in [5.41, 5.74) is 2.01. The van der Waals surface area contributed by atoms with Gasteiger partial charge in [0.25, 0.3) is 0 Å². The molecule has 0 radical (unpaired) electrons. The second-order valence-electron chi connectivity index (χ2n) is 4.22. The van der Waals surface area contributed by atoms with Gasteiger partial charge in [-0.25, -0.2) is 0 Å². The number of hydrogen-bond donors (Lipinski definition) is 1. The lowest BCUT2D eigenvalue weighted by Crippen LogP contribution is -2.10. The van der Waals surface area contributed by atoms with Crippen LogP contribution in [0.2, 0.25) is 0 Å². The van der Waals surface area contributed by atoms with Crippen molar-refractivity contribution in [3.8, 4) is 0 Å². The largest absolute Gasteiger partial charge is 0.464 e. The van der Waals surface area contributed by atoms with Gasteiger partial charge in [-0.3, -0.25) is 0 Å². The molecular formula is C13H16O2. The molecule has 0 saturated heterocycles. The van der Waals surface area contributed by atoms with E-state index in [-0.39, 0.29) is 12.5 Å². The molecule has 1 aromatic carbocycles. The molecule has 1 N–H and O–H groups in total. The van der Waals surface area contributed by atoms with Gasteiger partial charge in [-0.15, -0.1) is 0 Å². The van der Waals surface area contributed by atoms with E-state index in [1.54, 1.807) is 6.26 Å². The van der Waals surface area contributed by atoms with E-state index in [9.17, 15) is 5.11 Å². The van der Waals surface area contributed by atoms with Crippen molar-refractivity contribution in [2.24, 2.45) is 5.92 Å². The molecule has 1 atom stereocenters. The molecule has 2 rings (SSSR count). The molecule has 0 bridgehead atoms. The van der Waals surface area contributed by atoms with Crippen LogP contribution in [-0.4, -0.2) is 11.7 Å². The van der Waals surface area contributed by atoms with Gasteiger partial charge in [-0.2, -0.15) is 0 Å². The van der Waals surface area contributed by atoms with E-state index < -0.39 is 0 Å². The third-order valence-electron chi connectivity index (χ3n) is 2.91. The number of para-hydroxylation sites is 1. The fourth-order valence-corrected chi connectivity index (χ4v) is 1.95. The maximum Gasteiger partial charge on any atom is 0.134 e. The third kappa shape index (κ3) is 1.77. The van der Waals surface area contributed by atoms with E-state index in [4.69, 9.17) is 4.42 Å². The van der Waals surface area contributed by atoms with Gasteiger partial charge >= 0.3 is 0 Å². The normalized spacial score (nSPS) is 13.6. The lowest BCUT2D eigenvalue weighted by atomic mass is 9.89. The van der Waals surface area contributed by atoms with E-state index >= 15 is 0 Å². The van der Waals surface area contributed by atoms with Gasteiger partial charge in [0.1, 0.15) is 5.58 Å². The van der Waals surface area contributed by atoms with Crippen molar-refractivity contribution in [3.63, 3.8) is 0 Å². The SMILES string of the molecule is CC(C)C(CO)c1coc2ccccc12. The molecule has 1 aromatic heterocycles. The highest BCUT2D eigenvalue weighted by Gasteiger charge is 2.19. The molecule has 15 heavy (non-hydrogen) atoms. The highest BCUT2D eigenvalue weighted by Crippen LogP contribution is 2.31. The number of fused-ring (bicyclic) bond motifs is 1. The average Bonchev–Trinajstić information content (AvgIpc) is 2.63. The topological polar surface area (TPSA) is 33.4 Å². The van der Waals surface area contributed by atoms with Crippen LogP contribution in [0, 0.1) is 5.92 Å². The minimum atomic E-state index is 0.161. The first kappa shape index (κ1) is 10.2. The molecule has 0 fully saturated rings. The molecule has 1 unspecified atom stereocenters. The van der Waals surface area contributed by atoms with E-state index in [0.29, 0.717) is 5.92 Å². The van der Waals surface area contributed by atoms with Gasteiger partial charge < -0.3 is 9.52 Å². The Morgan fingerprint density at radius 2 is 2.00 bits per heavy atom. The second-order valence-corrected chi connectivity index (χ2v) is 4.22. The Hall–Kier alpha value is -1.28. The first-order valence-corrected chi connectivity index (χ1v) is 5.31. The van der Waals surface area contributed by atoms with Crippen molar-refractivity contribution in [1.29, 1.82) is 0 Å². The fraction of sp³-hybridized carbons (Fsp3) is 0.385. The summed E-state index contributed by atoms with van der Waals surface area (Å²) in [7, 11) is 0. The number of benzene rings is 1. The lowest BCUT2D eigenvalue weighted by molar-refractivity contribution is 0.237. The first-order valence-electron chi connectivity index (χ1n) is 5.31. The monoisotopic (exact) mass is 204 g/mol. The van der Waals surface area contributed by atoms with Gasteiger partial charge in [0, 0.05) is 16.9 Å². The van der Waals surface area contributed by atoms with E-state index in [1.165, 1.54) is 0 Å². The number of rotatable bonds is 3. The Bertz CT molecular complexity index is 442. The summed E-state index contributed by atoms with van der Waals surface area (Å²) < 4.78 is 5.47. The van der Waals surface area contributed by atoms with Crippen LogP contribution in [0.4, 0.5) is 0 Å². The maximum atomic E-state index is 9.39. The van der Waals surface area contributed by atoms with Gasteiger partial charge in [-0.05, 0) is 12.0 Å².